The summed E-state index contributed by atoms with van der Waals surface area (Å²) in [5.41, 5.74) is -0.611. The molecular formula is C13H25NO3. The van der Waals surface area contributed by atoms with Gasteiger partial charge in [0, 0.05) is 6.61 Å². The van der Waals surface area contributed by atoms with E-state index in [1.807, 2.05) is 13.8 Å². The van der Waals surface area contributed by atoms with Crippen molar-refractivity contribution in [2.45, 2.75) is 45.6 Å². The molecule has 1 rings (SSSR count). The van der Waals surface area contributed by atoms with Crippen molar-refractivity contribution in [2.75, 3.05) is 26.4 Å². The zero-order valence-corrected chi connectivity index (χ0v) is 11.3. The number of likely N-dealkylation sites (N-methyl/N-ethyl adjacent to an activating group) is 1. The van der Waals surface area contributed by atoms with Crippen LogP contribution < -0.4 is 5.32 Å². The first-order chi connectivity index (χ1) is 8.21. The molecule has 1 unspecified atom stereocenters. The first kappa shape index (κ1) is 14.5. The van der Waals surface area contributed by atoms with Gasteiger partial charge < -0.3 is 9.47 Å². The van der Waals surface area contributed by atoms with Crippen molar-refractivity contribution < 1.29 is 14.3 Å². The fraction of sp³-hybridized carbons (Fsp3) is 0.923. The second-order valence-corrected chi connectivity index (χ2v) is 4.55. The summed E-state index contributed by atoms with van der Waals surface area (Å²) in [6, 6.07) is 0. The van der Waals surface area contributed by atoms with E-state index in [2.05, 4.69) is 12.2 Å². The average Bonchev–Trinajstić information content (AvgIpc) is 3.12. The van der Waals surface area contributed by atoms with Crippen LogP contribution in [0.3, 0.4) is 0 Å². The molecule has 1 saturated carbocycles. The summed E-state index contributed by atoms with van der Waals surface area (Å²) in [6.45, 7) is 8.22. The van der Waals surface area contributed by atoms with E-state index >= 15 is 0 Å². The van der Waals surface area contributed by atoms with Crippen molar-refractivity contribution in [3.05, 3.63) is 0 Å². The van der Waals surface area contributed by atoms with Gasteiger partial charge in [0.25, 0.3) is 0 Å². The summed E-state index contributed by atoms with van der Waals surface area (Å²) in [5.74, 6) is 0.221. The van der Waals surface area contributed by atoms with E-state index in [0.29, 0.717) is 25.7 Å². The quantitative estimate of drug-likeness (QED) is 0.495. The Balaban J connectivity index is 2.68. The summed E-state index contributed by atoms with van der Waals surface area (Å²) in [6.07, 6.45) is 3.14. The highest BCUT2D eigenvalue weighted by atomic mass is 16.5. The fourth-order valence-corrected chi connectivity index (χ4v) is 2.14. The molecule has 0 aliphatic heterocycles. The predicted molar refractivity (Wildman–Crippen MR) is 66.9 cm³/mol. The number of nitrogens with one attached hydrogen (secondary N) is 1. The molecule has 0 amide bonds. The zero-order chi connectivity index (χ0) is 12.7. The maximum absolute atomic E-state index is 12.2. The Morgan fingerprint density at radius 2 is 2.06 bits per heavy atom. The van der Waals surface area contributed by atoms with E-state index in [-0.39, 0.29) is 5.97 Å². The Labute approximate surface area is 104 Å². The van der Waals surface area contributed by atoms with Crippen LogP contribution in [0.1, 0.15) is 40.0 Å². The third-order valence-corrected chi connectivity index (χ3v) is 3.08. The molecular weight excluding hydrogens is 218 g/mol. The highest BCUT2D eigenvalue weighted by Gasteiger charge is 2.51. The molecule has 1 aliphatic rings. The van der Waals surface area contributed by atoms with Gasteiger partial charge in [0.1, 0.15) is 5.54 Å². The highest BCUT2D eigenvalue weighted by molar-refractivity contribution is 5.82. The lowest BCUT2D eigenvalue weighted by Gasteiger charge is -2.32. The van der Waals surface area contributed by atoms with E-state index in [4.69, 9.17) is 9.47 Å². The molecule has 1 fully saturated rings. The highest BCUT2D eigenvalue weighted by Crippen LogP contribution is 2.40. The Morgan fingerprint density at radius 3 is 2.53 bits per heavy atom. The van der Waals surface area contributed by atoms with E-state index in [1.54, 1.807) is 0 Å². The molecule has 0 heterocycles. The Hall–Kier alpha value is -0.610. The standard InChI is InChI=1S/C13H25NO3/c1-4-9-16-10-13(14-5-2,11-7-8-11)12(15)17-6-3/h11,14H,4-10H2,1-3H3. The van der Waals surface area contributed by atoms with Crippen LogP contribution in [0.2, 0.25) is 0 Å². The van der Waals surface area contributed by atoms with Gasteiger partial charge in [-0.05, 0) is 38.6 Å². The molecule has 17 heavy (non-hydrogen) atoms. The SMILES string of the molecule is CCCOCC(NCC)(C(=O)OCC)C1CC1. The van der Waals surface area contributed by atoms with Crippen molar-refractivity contribution in [3.63, 3.8) is 0 Å². The fourth-order valence-electron chi connectivity index (χ4n) is 2.14. The number of ether oxygens (including phenoxy) is 2. The van der Waals surface area contributed by atoms with Gasteiger partial charge >= 0.3 is 5.97 Å². The molecule has 0 bridgehead atoms. The number of rotatable bonds is 9. The van der Waals surface area contributed by atoms with Gasteiger partial charge in [0.15, 0.2) is 0 Å². The van der Waals surface area contributed by atoms with Gasteiger partial charge in [-0.25, -0.2) is 4.79 Å². The van der Waals surface area contributed by atoms with Crippen molar-refractivity contribution in [1.29, 1.82) is 0 Å². The Bertz CT molecular complexity index is 241. The number of esters is 1. The van der Waals surface area contributed by atoms with Gasteiger partial charge in [-0.3, -0.25) is 5.32 Å². The lowest BCUT2D eigenvalue weighted by Crippen LogP contribution is -2.58. The molecule has 1 N–H and O–H groups in total. The molecule has 1 aliphatic carbocycles. The van der Waals surface area contributed by atoms with Gasteiger partial charge in [-0.1, -0.05) is 13.8 Å². The zero-order valence-electron chi connectivity index (χ0n) is 11.3. The molecule has 0 aromatic rings. The van der Waals surface area contributed by atoms with Crippen molar-refractivity contribution >= 4 is 5.97 Å². The van der Waals surface area contributed by atoms with E-state index in [1.165, 1.54) is 0 Å². The van der Waals surface area contributed by atoms with Crippen LogP contribution in [0.15, 0.2) is 0 Å². The van der Waals surface area contributed by atoms with Crippen LogP contribution in [0, 0.1) is 5.92 Å². The molecule has 0 aromatic heterocycles. The van der Waals surface area contributed by atoms with Crippen molar-refractivity contribution in [1.82, 2.24) is 5.32 Å². The largest absolute Gasteiger partial charge is 0.465 e. The minimum absolute atomic E-state index is 0.152. The number of carbonyl (C=O) groups excluding carboxylic acids is 1. The smallest absolute Gasteiger partial charge is 0.329 e. The van der Waals surface area contributed by atoms with Crippen LogP contribution in [0.4, 0.5) is 0 Å². The lowest BCUT2D eigenvalue weighted by atomic mass is 9.94. The van der Waals surface area contributed by atoms with Crippen LogP contribution in [-0.4, -0.2) is 37.9 Å². The van der Waals surface area contributed by atoms with Gasteiger partial charge in [-0.15, -0.1) is 0 Å². The van der Waals surface area contributed by atoms with Gasteiger partial charge in [-0.2, -0.15) is 0 Å². The molecule has 4 nitrogen and oxygen atoms in total. The van der Waals surface area contributed by atoms with Crippen LogP contribution in [-0.2, 0) is 14.3 Å². The molecule has 100 valence electrons. The van der Waals surface area contributed by atoms with Crippen LogP contribution >= 0.6 is 0 Å². The minimum atomic E-state index is -0.611. The number of carbonyl (C=O) groups is 1. The maximum Gasteiger partial charge on any atom is 0.329 e. The third kappa shape index (κ3) is 3.68. The Kier molecular flexibility index (Phi) is 5.92. The second-order valence-electron chi connectivity index (χ2n) is 4.55. The minimum Gasteiger partial charge on any atom is -0.465 e. The molecule has 1 atom stereocenters. The Morgan fingerprint density at radius 1 is 1.35 bits per heavy atom. The topological polar surface area (TPSA) is 47.6 Å². The van der Waals surface area contributed by atoms with E-state index in [0.717, 1.165) is 25.8 Å². The summed E-state index contributed by atoms with van der Waals surface area (Å²) in [7, 11) is 0. The first-order valence-electron chi connectivity index (χ1n) is 6.71. The molecule has 4 heteroatoms. The van der Waals surface area contributed by atoms with Gasteiger partial charge in [0.05, 0.1) is 13.2 Å². The lowest BCUT2D eigenvalue weighted by molar-refractivity contribution is -0.155. The predicted octanol–water partition coefficient (Wildman–Crippen LogP) is 1.73. The van der Waals surface area contributed by atoms with E-state index in [9.17, 15) is 4.79 Å². The molecule has 0 radical (unpaired) electrons. The van der Waals surface area contributed by atoms with Gasteiger partial charge in [0.2, 0.25) is 0 Å². The monoisotopic (exact) mass is 243 g/mol. The summed E-state index contributed by atoms with van der Waals surface area (Å²) in [4.78, 5) is 12.2. The molecule has 0 aromatic carbocycles. The summed E-state index contributed by atoms with van der Waals surface area (Å²) >= 11 is 0. The van der Waals surface area contributed by atoms with Crippen molar-refractivity contribution in [2.24, 2.45) is 5.92 Å². The average molecular weight is 243 g/mol. The summed E-state index contributed by atoms with van der Waals surface area (Å²) in [5, 5.41) is 3.30. The van der Waals surface area contributed by atoms with Crippen molar-refractivity contribution in [3.8, 4) is 0 Å². The van der Waals surface area contributed by atoms with Crippen LogP contribution in [0.25, 0.3) is 0 Å². The first-order valence-corrected chi connectivity index (χ1v) is 6.71. The van der Waals surface area contributed by atoms with Crippen LogP contribution in [0.5, 0.6) is 0 Å². The third-order valence-electron chi connectivity index (χ3n) is 3.08. The number of hydrogen-bond donors (Lipinski definition) is 1. The maximum atomic E-state index is 12.2. The second kappa shape index (κ2) is 6.97. The number of hydrogen-bond acceptors (Lipinski definition) is 4. The van der Waals surface area contributed by atoms with E-state index < -0.39 is 5.54 Å². The normalized spacial score (nSPS) is 18.8. The molecule has 0 saturated heterocycles. The summed E-state index contributed by atoms with van der Waals surface area (Å²) < 4.78 is 10.8. The molecule has 0 spiro atoms.